The molecule has 0 saturated heterocycles. The normalized spacial score (nSPS) is 15.7. The fraction of sp³-hybridized carbons (Fsp3) is 0.656. The maximum Gasteiger partial charge on any atom is 0.305 e. The van der Waals surface area contributed by atoms with Gasteiger partial charge in [-0.05, 0) is 81.2 Å². The highest BCUT2D eigenvalue weighted by Gasteiger charge is 2.27. The van der Waals surface area contributed by atoms with E-state index >= 15 is 0 Å². The Balaban J connectivity index is 1.86. The number of rotatable bonds is 18. The zero-order chi connectivity index (χ0) is 33.4. The molecular weight excluding hydrogens is 566 g/mol. The van der Waals surface area contributed by atoms with Crippen LogP contribution in [0.25, 0.3) is 0 Å². The summed E-state index contributed by atoms with van der Waals surface area (Å²) in [6.45, 7) is 5.15. The highest BCUT2D eigenvalue weighted by atomic mass is 16.5. The van der Waals surface area contributed by atoms with Crippen LogP contribution in [0, 0.1) is 19.8 Å². The van der Waals surface area contributed by atoms with Crippen molar-refractivity contribution in [2.45, 2.75) is 110 Å². The van der Waals surface area contributed by atoms with Crippen molar-refractivity contribution in [2.75, 3.05) is 20.2 Å². The highest BCUT2D eigenvalue weighted by molar-refractivity contribution is 5.93. The van der Waals surface area contributed by atoms with Crippen molar-refractivity contribution in [3.8, 4) is 5.75 Å². The zero-order valence-electron chi connectivity index (χ0n) is 27.6. The minimum absolute atomic E-state index is 0.118. The van der Waals surface area contributed by atoms with Crippen LogP contribution < -0.4 is 27.0 Å². The first-order valence-electron chi connectivity index (χ1n) is 16.1. The van der Waals surface area contributed by atoms with Crippen LogP contribution >= 0.6 is 0 Å². The van der Waals surface area contributed by atoms with E-state index in [0.717, 1.165) is 48.8 Å². The highest BCUT2D eigenvalue weighted by Crippen LogP contribution is 2.27. The average Bonchev–Trinajstić information content (AvgIpc) is 3.00. The van der Waals surface area contributed by atoms with Gasteiger partial charge in [-0.25, -0.2) is 0 Å². The summed E-state index contributed by atoms with van der Waals surface area (Å²) in [7, 11) is 1.35. The summed E-state index contributed by atoms with van der Waals surface area (Å²) in [6, 6.07) is 0.505. The first kappa shape index (κ1) is 34.8. The number of carbonyl (C=O) groups excluding carboxylic acids is 5. The summed E-state index contributed by atoms with van der Waals surface area (Å²) >= 11 is 0. The van der Waals surface area contributed by atoms with Gasteiger partial charge in [-0.1, -0.05) is 38.5 Å². The molecule has 12 nitrogen and oxygen atoms in total. The number of unbranched alkanes of at least 4 members (excludes halogenated alkanes) is 2. The van der Waals surface area contributed by atoms with E-state index in [-0.39, 0.29) is 30.6 Å². The number of ether oxygens (including phenoxy) is 1. The molecule has 0 aromatic heterocycles. The third kappa shape index (κ3) is 12.9. The average molecular weight is 619 g/mol. The molecule has 0 spiro atoms. The smallest absolute Gasteiger partial charge is 0.305 e. The molecule has 4 amide bonds. The van der Waals surface area contributed by atoms with Crippen LogP contribution in [0.1, 0.15) is 87.8 Å². The Bertz CT molecular complexity index is 1140. The lowest BCUT2D eigenvalue weighted by Gasteiger charge is -2.27. The minimum Gasteiger partial charge on any atom is -0.508 e. The summed E-state index contributed by atoms with van der Waals surface area (Å²) in [4.78, 5) is 62.7. The molecule has 1 aliphatic carbocycles. The predicted octanol–water partition coefficient (Wildman–Crippen LogP) is 1.80. The second-order valence-electron chi connectivity index (χ2n) is 11.8. The molecule has 44 heavy (non-hydrogen) atoms. The number of benzene rings is 1. The van der Waals surface area contributed by atoms with Gasteiger partial charge in [-0.2, -0.15) is 0 Å². The second kappa shape index (κ2) is 18.9. The van der Waals surface area contributed by atoms with Gasteiger partial charge in [0.2, 0.25) is 23.6 Å². The van der Waals surface area contributed by atoms with Gasteiger partial charge >= 0.3 is 5.97 Å². The Morgan fingerprint density at radius 3 is 2.30 bits per heavy atom. The lowest BCUT2D eigenvalue weighted by Crippen LogP contribution is -2.53. The van der Waals surface area contributed by atoms with Gasteiger partial charge in [0.25, 0.3) is 0 Å². The lowest BCUT2D eigenvalue weighted by atomic mass is 9.84. The Morgan fingerprint density at radius 1 is 0.977 bits per heavy atom. The zero-order valence-corrected chi connectivity index (χ0v) is 26.6. The number of methoxy groups -OCH3 is 1. The molecule has 0 unspecified atom stereocenters. The SMILES string of the molecule is [2H]N[C@@H](Cc1c(C)cc(O)cc1C)C(=O)N[C@@H](C)C(=O)NCC(=O)N[C@@H](CC1CCCCC1)C(=O)NCCCCCC(=O)OC. The van der Waals surface area contributed by atoms with Gasteiger partial charge in [-0.3, -0.25) is 24.0 Å². The van der Waals surface area contributed by atoms with Crippen molar-refractivity contribution in [3.63, 3.8) is 0 Å². The van der Waals surface area contributed by atoms with Gasteiger partial charge < -0.3 is 36.8 Å². The number of hydrogen-bond acceptors (Lipinski definition) is 8. The molecule has 3 atom stereocenters. The third-order valence-electron chi connectivity index (χ3n) is 8.11. The first-order valence-corrected chi connectivity index (χ1v) is 15.6. The van der Waals surface area contributed by atoms with Gasteiger partial charge in [-0.15, -0.1) is 0 Å². The number of aromatic hydroxyl groups is 1. The number of nitrogens with one attached hydrogen (secondary N) is 4. The van der Waals surface area contributed by atoms with E-state index in [0.29, 0.717) is 38.1 Å². The van der Waals surface area contributed by atoms with Gasteiger partial charge in [0.15, 0.2) is 0 Å². The molecule has 246 valence electrons. The summed E-state index contributed by atoms with van der Waals surface area (Å²) in [6.07, 6.45) is 8.50. The standard InChI is InChI=1S/C32H51N5O7/c1-20-15-24(38)16-21(2)25(20)18-26(33)31(42)36-22(3)30(41)35-19-28(39)37-27(17-23-11-7-5-8-12-23)32(43)34-14-10-6-9-13-29(40)44-4/h15-16,22-23,26-27,38H,5-14,17-19,33H2,1-4H3,(H,34,43)(H,35,41)(H,36,42)(H,37,39)/t22-,26-,27-/m0/s1/i/hD. The van der Waals surface area contributed by atoms with Crippen molar-refractivity contribution in [1.82, 2.24) is 21.3 Å². The van der Waals surface area contributed by atoms with Gasteiger partial charge in [0.1, 0.15) is 19.2 Å². The van der Waals surface area contributed by atoms with Crippen molar-refractivity contribution in [3.05, 3.63) is 28.8 Å². The lowest BCUT2D eigenvalue weighted by molar-refractivity contribution is -0.140. The predicted molar refractivity (Wildman–Crippen MR) is 166 cm³/mol. The second-order valence-corrected chi connectivity index (χ2v) is 11.8. The van der Waals surface area contributed by atoms with E-state index in [9.17, 15) is 29.1 Å². The van der Waals surface area contributed by atoms with Gasteiger partial charge in [0, 0.05) is 13.0 Å². The van der Waals surface area contributed by atoms with Gasteiger partial charge in [0.05, 0.1) is 19.7 Å². The van der Waals surface area contributed by atoms with Crippen molar-refractivity contribution in [2.24, 2.45) is 11.6 Å². The summed E-state index contributed by atoms with van der Waals surface area (Å²) in [5.41, 5.74) is 4.61. The molecule has 2 rings (SSSR count). The third-order valence-corrected chi connectivity index (χ3v) is 8.11. The summed E-state index contributed by atoms with van der Waals surface area (Å²) in [5.74, 6) is -1.75. The van der Waals surface area contributed by atoms with Crippen molar-refractivity contribution >= 4 is 29.6 Å². The molecule has 0 heterocycles. The van der Waals surface area contributed by atoms with E-state index in [1.54, 1.807) is 26.0 Å². The molecule has 1 aliphatic rings. The van der Waals surface area contributed by atoms with Crippen LogP contribution in [0.15, 0.2) is 12.1 Å². The van der Waals surface area contributed by atoms with E-state index in [4.69, 9.17) is 1.41 Å². The number of aryl methyl sites for hydroxylation is 2. The Hall–Kier alpha value is -3.67. The summed E-state index contributed by atoms with van der Waals surface area (Å²) in [5, 5.41) is 20.5. The Kier molecular flexibility index (Phi) is 14.9. The first-order chi connectivity index (χ1) is 21.4. The number of phenolic OH excluding ortho intramolecular Hbond substituents is 1. The number of phenols is 1. The Labute approximate surface area is 262 Å². The fourth-order valence-electron chi connectivity index (χ4n) is 5.53. The largest absolute Gasteiger partial charge is 0.508 e. The van der Waals surface area contributed by atoms with Crippen molar-refractivity contribution < 1.29 is 35.2 Å². The summed E-state index contributed by atoms with van der Waals surface area (Å²) < 4.78 is 12.3. The van der Waals surface area contributed by atoms with E-state index in [2.05, 4.69) is 31.7 Å². The van der Waals surface area contributed by atoms with E-state index < -0.39 is 35.8 Å². The number of esters is 1. The fourth-order valence-corrected chi connectivity index (χ4v) is 5.53. The van der Waals surface area contributed by atoms with E-state index in [1.807, 2.05) is 0 Å². The van der Waals surface area contributed by atoms with Crippen LogP contribution in [0.4, 0.5) is 0 Å². The number of amides is 4. The molecule has 1 saturated carbocycles. The topological polar surface area (TPSA) is 189 Å². The quantitative estimate of drug-likeness (QED) is 0.106. The van der Waals surface area contributed by atoms with Crippen molar-refractivity contribution in [1.29, 1.82) is 0 Å². The van der Waals surface area contributed by atoms with Crippen LogP contribution in [-0.4, -0.2) is 73.0 Å². The number of carbonyl (C=O) groups is 5. The number of nitrogens with two attached hydrogens (primary N) is 1. The molecule has 0 radical (unpaired) electrons. The van der Waals surface area contributed by atoms with Crippen LogP contribution in [-0.2, 0) is 35.1 Å². The molecular formula is C32H51N5O7. The Morgan fingerprint density at radius 2 is 1.66 bits per heavy atom. The molecule has 12 heteroatoms. The molecule has 0 aliphatic heterocycles. The van der Waals surface area contributed by atoms with Crippen LogP contribution in [0.5, 0.6) is 5.75 Å². The molecule has 0 bridgehead atoms. The minimum atomic E-state index is -0.983. The van der Waals surface area contributed by atoms with Crippen LogP contribution in [0.3, 0.4) is 0 Å². The molecule has 1 aromatic carbocycles. The van der Waals surface area contributed by atoms with Crippen LogP contribution in [0.2, 0.25) is 1.41 Å². The number of hydrogen-bond donors (Lipinski definition) is 6. The van der Waals surface area contributed by atoms with E-state index in [1.165, 1.54) is 20.5 Å². The monoisotopic (exact) mass is 618 g/mol. The molecule has 7 N–H and O–H groups in total. The molecule has 1 fully saturated rings. The molecule has 1 aromatic rings. The maximum atomic E-state index is 13.0. The maximum absolute atomic E-state index is 13.0.